The quantitative estimate of drug-likeness (QED) is 0.348. The van der Waals surface area contributed by atoms with Gasteiger partial charge in [-0.3, -0.25) is 14.9 Å². The number of nitrogens with zero attached hydrogens (tertiary/aromatic N) is 1. The largest absolute Gasteiger partial charge is 0.469 e. The summed E-state index contributed by atoms with van der Waals surface area (Å²) in [6.45, 7) is 1.74. The third-order valence-corrected chi connectivity index (χ3v) is 7.80. The van der Waals surface area contributed by atoms with E-state index in [9.17, 15) is 9.59 Å². The first-order valence-electron chi connectivity index (χ1n) is 11.3. The van der Waals surface area contributed by atoms with Gasteiger partial charge in [0.15, 0.2) is 5.13 Å². The van der Waals surface area contributed by atoms with E-state index in [1.165, 1.54) is 41.6 Å². The molecule has 34 heavy (non-hydrogen) atoms. The van der Waals surface area contributed by atoms with Crippen LogP contribution in [0.3, 0.4) is 0 Å². The van der Waals surface area contributed by atoms with Crippen molar-refractivity contribution in [1.82, 2.24) is 10.3 Å². The third-order valence-electron chi connectivity index (χ3n) is 6.06. The van der Waals surface area contributed by atoms with E-state index in [2.05, 4.69) is 39.9 Å². The summed E-state index contributed by atoms with van der Waals surface area (Å²) in [7, 11) is 0. The molecule has 2 N–H and O–H groups in total. The molecule has 0 aliphatic heterocycles. The minimum atomic E-state index is -0.276. The van der Waals surface area contributed by atoms with Crippen LogP contribution >= 0.6 is 22.7 Å². The third kappa shape index (κ3) is 4.98. The molecule has 0 saturated carbocycles. The molecule has 0 bridgehead atoms. The van der Waals surface area contributed by atoms with E-state index < -0.39 is 0 Å². The average molecular weight is 492 g/mol. The van der Waals surface area contributed by atoms with Crippen molar-refractivity contribution in [3.05, 3.63) is 92.0 Å². The van der Waals surface area contributed by atoms with E-state index in [4.69, 9.17) is 4.42 Å². The van der Waals surface area contributed by atoms with Crippen LogP contribution in [-0.4, -0.2) is 16.8 Å². The first-order chi connectivity index (χ1) is 16.6. The number of anilines is 1. The van der Waals surface area contributed by atoms with E-state index in [0.717, 1.165) is 23.3 Å². The lowest BCUT2D eigenvalue weighted by molar-refractivity contribution is -0.121. The van der Waals surface area contributed by atoms with Crippen LogP contribution in [0.25, 0.3) is 0 Å². The number of thiazole rings is 1. The van der Waals surface area contributed by atoms with Crippen molar-refractivity contribution in [2.75, 3.05) is 5.32 Å². The van der Waals surface area contributed by atoms with Crippen LogP contribution in [0.2, 0.25) is 0 Å². The predicted octanol–water partition coefficient (Wildman–Crippen LogP) is 5.69. The van der Waals surface area contributed by atoms with Gasteiger partial charge in [-0.15, -0.1) is 22.7 Å². The number of fused-ring (bicyclic) bond motifs is 1. The number of thiophene rings is 1. The Balaban J connectivity index is 1.28. The second-order valence-corrected chi connectivity index (χ2v) is 10.3. The molecular formula is C26H25N3O3S2. The van der Waals surface area contributed by atoms with Crippen LogP contribution in [-0.2, 0) is 24.1 Å². The summed E-state index contributed by atoms with van der Waals surface area (Å²) in [6, 6.07) is 12.1. The molecule has 1 atom stereocenters. The molecule has 6 nitrogen and oxygen atoms in total. The summed E-state index contributed by atoms with van der Waals surface area (Å²) in [4.78, 5) is 30.9. The molecule has 5 rings (SSSR count). The van der Waals surface area contributed by atoms with Crippen molar-refractivity contribution in [3.63, 3.8) is 0 Å². The molecule has 1 unspecified atom stereocenters. The molecule has 1 aliphatic rings. The molecule has 3 heterocycles. The lowest BCUT2D eigenvalue weighted by Crippen LogP contribution is -2.30. The number of aryl methyl sites for hydroxylation is 3. The highest BCUT2D eigenvalue weighted by Crippen LogP contribution is 2.30. The zero-order chi connectivity index (χ0) is 23.5. The van der Waals surface area contributed by atoms with Gasteiger partial charge in [0, 0.05) is 10.3 Å². The number of nitrogens with one attached hydrogen (secondary N) is 2. The van der Waals surface area contributed by atoms with Crippen molar-refractivity contribution >= 4 is 39.6 Å². The molecule has 1 aromatic carbocycles. The molecule has 4 aromatic rings. The second-order valence-electron chi connectivity index (χ2n) is 8.42. The van der Waals surface area contributed by atoms with Crippen molar-refractivity contribution < 1.29 is 14.0 Å². The Morgan fingerprint density at radius 1 is 1.12 bits per heavy atom. The molecule has 1 aliphatic carbocycles. The van der Waals surface area contributed by atoms with Gasteiger partial charge in [-0.05, 0) is 66.8 Å². The summed E-state index contributed by atoms with van der Waals surface area (Å²) in [6.07, 6.45) is 6.32. The zero-order valence-electron chi connectivity index (χ0n) is 18.8. The average Bonchev–Trinajstić information content (AvgIpc) is 3.60. The fraction of sp³-hybridized carbons (Fsp3) is 0.269. The Hall–Kier alpha value is -3.23. The number of carbonyl (C=O) groups is 2. The number of aromatic nitrogens is 1. The minimum absolute atomic E-state index is 0.107. The van der Waals surface area contributed by atoms with Gasteiger partial charge in [0.05, 0.1) is 30.0 Å². The van der Waals surface area contributed by atoms with E-state index in [-0.39, 0.29) is 24.3 Å². The smallest absolute Gasteiger partial charge is 0.260 e. The van der Waals surface area contributed by atoms with Crippen LogP contribution < -0.4 is 10.6 Å². The number of rotatable bonds is 7. The van der Waals surface area contributed by atoms with Crippen molar-refractivity contribution in [3.8, 4) is 0 Å². The zero-order valence-corrected chi connectivity index (χ0v) is 20.4. The van der Waals surface area contributed by atoms with Crippen LogP contribution in [0.5, 0.6) is 0 Å². The van der Waals surface area contributed by atoms with Gasteiger partial charge < -0.3 is 9.73 Å². The number of hydrogen-bond acceptors (Lipinski definition) is 6. The maximum atomic E-state index is 13.0. The lowest BCUT2D eigenvalue weighted by atomic mass is 9.89. The van der Waals surface area contributed by atoms with Gasteiger partial charge >= 0.3 is 0 Å². The Labute approximate surface area is 206 Å². The van der Waals surface area contributed by atoms with E-state index in [1.54, 1.807) is 29.7 Å². The van der Waals surface area contributed by atoms with E-state index in [0.29, 0.717) is 22.1 Å². The SMILES string of the molecule is Cc1occc1C(=O)Nc1nc(CC(=O)NC(c2ccc3c(c2)CCCC3)c2cccs2)cs1. The number of hydrogen-bond donors (Lipinski definition) is 2. The molecule has 2 amide bonds. The summed E-state index contributed by atoms with van der Waals surface area (Å²) in [5.74, 6) is 0.169. The lowest BCUT2D eigenvalue weighted by Gasteiger charge is -2.22. The second kappa shape index (κ2) is 9.95. The Morgan fingerprint density at radius 3 is 2.74 bits per heavy atom. The van der Waals surface area contributed by atoms with Gasteiger partial charge in [0.2, 0.25) is 5.91 Å². The number of amides is 2. The summed E-state index contributed by atoms with van der Waals surface area (Å²) >= 11 is 2.94. The Bertz CT molecular complexity index is 1310. The highest BCUT2D eigenvalue weighted by Gasteiger charge is 2.21. The number of furan rings is 1. The van der Waals surface area contributed by atoms with E-state index >= 15 is 0 Å². The van der Waals surface area contributed by atoms with Crippen molar-refractivity contribution in [2.45, 2.75) is 45.1 Å². The molecule has 0 radical (unpaired) electrons. The normalized spacial score (nSPS) is 13.8. The number of carbonyl (C=O) groups excluding carboxylic acids is 2. The standard InChI is InChI=1S/C26H25N3O3S2/c1-16-21(10-11-32-16)25(31)29-26-27-20(15-34-26)14-23(30)28-24(22-7-4-12-33-22)19-9-8-17-5-2-3-6-18(17)13-19/h4,7-13,15,24H,2-3,5-6,14H2,1H3,(H,28,30)(H,27,29,31). The minimum Gasteiger partial charge on any atom is -0.469 e. The van der Waals surface area contributed by atoms with Crippen LogP contribution in [0.4, 0.5) is 5.13 Å². The summed E-state index contributed by atoms with van der Waals surface area (Å²) < 4.78 is 5.19. The molecule has 8 heteroatoms. The monoisotopic (exact) mass is 491 g/mol. The maximum absolute atomic E-state index is 13.0. The highest BCUT2D eigenvalue weighted by atomic mass is 32.1. The van der Waals surface area contributed by atoms with Crippen molar-refractivity contribution in [1.29, 1.82) is 0 Å². The van der Waals surface area contributed by atoms with Gasteiger partial charge in [-0.25, -0.2) is 4.98 Å². The Morgan fingerprint density at radius 2 is 1.97 bits per heavy atom. The van der Waals surface area contributed by atoms with Crippen LogP contribution in [0.1, 0.15) is 62.3 Å². The maximum Gasteiger partial charge on any atom is 0.260 e. The van der Waals surface area contributed by atoms with Gasteiger partial charge in [0.1, 0.15) is 5.76 Å². The summed E-state index contributed by atoms with van der Waals surface area (Å²) in [5, 5.41) is 10.3. The molecule has 0 saturated heterocycles. The van der Waals surface area contributed by atoms with Gasteiger partial charge in [0.25, 0.3) is 5.91 Å². The Kier molecular flexibility index (Phi) is 6.60. The van der Waals surface area contributed by atoms with Crippen LogP contribution in [0, 0.1) is 6.92 Å². The molecule has 0 spiro atoms. The molecule has 3 aromatic heterocycles. The number of benzene rings is 1. The topological polar surface area (TPSA) is 84.2 Å². The van der Waals surface area contributed by atoms with Gasteiger partial charge in [-0.1, -0.05) is 24.3 Å². The van der Waals surface area contributed by atoms with E-state index in [1.807, 2.05) is 11.4 Å². The fourth-order valence-corrected chi connectivity index (χ4v) is 5.82. The molecule has 0 fully saturated rings. The fourth-order valence-electron chi connectivity index (χ4n) is 4.31. The predicted molar refractivity (Wildman–Crippen MR) is 135 cm³/mol. The summed E-state index contributed by atoms with van der Waals surface area (Å²) in [5.41, 5.74) is 5.02. The first kappa shape index (κ1) is 22.6. The van der Waals surface area contributed by atoms with Crippen LogP contribution in [0.15, 0.2) is 57.8 Å². The molecular weight excluding hydrogens is 466 g/mol. The van der Waals surface area contributed by atoms with Crippen molar-refractivity contribution in [2.24, 2.45) is 0 Å². The highest BCUT2D eigenvalue weighted by molar-refractivity contribution is 7.14. The van der Waals surface area contributed by atoms with Gasteiger partial charge in [-0.2, -0.15) is 0 Å². The molecule has 174 valence electrons. The first-order valence-corrected chi connectivity index (χ1v) is 13.1.